The molecule has 0 aromatic carbocycles. The smallest absolute Gasteiger partial charge is 0.335 e. The fourth-order valence-electron chi connectivity index (χ4n) is 6.10. The lowest BCUT2D eigenvalue weighted by Crippen LogP contribution is -2.66. The number of hydrogen-bond acceptors (Lipinski definition) is 9. The molecule has 228 valence electrons. The molecule has 2 aromatic heterocycles. The normalized spacial score (nSPS) is 25.9. The van der Waals surface area contributed by atoms with Crippen molar-refractivity contribution in [1.82, 2.24) is 18.7 Å². The van der Waals surface area contributed by atoms with E-state index in [1.165, 1.54) is 17.8 Å². The Balaban J connectivity index is 1.89. The molecule has 0 aliphatic carbocycles. The van der Waals surface area contributed by atoms with E-state index in [2.05, 4.69) is 60.4 Å². The number of nitrogens with zero attached hydrogens (tertiary/aromatic N) is 4. The van der Waals surface area contributed by atoms with Crippen LogP contribution in [0.1, 0.15) is 67.1 Å². The molecule has 0 N–H and O–H groups in total. The third-order valence-electron chi connectivity index (χ3n) is 8.37. The number of rotatable bonds is 6. The van der Waals surface area contributed by atoms with E-state index in [1.54, 1.807) is 30.3 Å². The Kier molecular flexibility index (Phi) is 9.34. The van der Waals surface area contributed by atoms with Crippen molar-refractivity contribution in [2.75, 3.05) is 6.61 Å². The first kappa shape index (κ1) is 32.0. The Morgan fingerprint density at radius 2 is 1.63 bits per heavy atom. The average molecular weight is 625 g/mol. The number of hydrogen-bond donors (Lipinski definition) is 0. The van der Waals surface area contributed by atoms with E-state index in [4.69, 9.17) is 34.7 Å². The lowest BCUT2D eigenvalue weighted by molar-refractivity contribution is -0.0393. The Hall–Kier alpha value is -1.95. The summed E-state index contributed by atoms with van der Waals surface area (Å²) in [5.74, 6) is 0. The zero-order valence-electron chi connectivity index (χ0n) is 25.7. The quantitative estimate of drug-likeness (QED) is 0.349. The first-order valence-corrected chi connectivity index (χ1v) is 18.6. The lowest BCUT2D eigenvalue weighted by Gasteiger charge is -2.51. The van der Waals surface area contributed by atoms with Crippen molar-refractivity contribution in [2.45, 2.75) is 102 Å². The molecule has 4 atom stereocenters. The maximum Gasteiger partial charge on any atom is 0.335 e. The van der Waals surface area contributed by atoms with Crippen LogP contribution in [0, 0.1) is 0 Å². The van der Waals surface area contributed by atoms with Gasteiger partial charge in [0.05, 0.1) is 12.2 Å². The molecule has 2 aromatic rings. The Morgan fingerprint density at radius 1 is 1.02 bits per heavy atom. The van der Waals surface area contributed by atoms with Crippen LogP contribution in [0.5, 0.6) is 0 Å². The van der Waals surface area contributed by atoms with Gasteiger partial charge in [-0.25, -0.2) is 9.78 Å². The molecule has 2 fully saturated rings. The van der Waals surface area contributed by atoms with Crippen molar-refractivity contribution in [3.8, 4) is 0 Å². The Bertz CT molecular complexity index is 1340. The summed E-state index contributed by atoms with van der Waals surface area (Å²) in [4.78, 5) is 30.0. The summed E-state index contributed by atoms with van der Waals surface area (Å²) in [7, 11) is -2.78. The summed E-state index contributed by atoms with van der Waals surface area (Å²) in [6.07, 6.45) is 3.46. The van der Waals surface area contributed by atoms with Gasteiger partial charge in [0.15, 0.2) is 6.10 Å². The summed E-state index contributed by atoms with van der Waals surface area (Å²) >= 11 is 5.65. The molecule has 0 bridgehead atoms. The van der Waals surface area contributed by atoms with Crippen molar-refractivity contribution >= 4 is 34.5 Å². The highest BCUT2D eigenvalue weighted by atomic mass is 32.1. The summed E-state index contributed by atoms with van der Waals surface area (Å²) in [6, 6.07) is 0. The first-order chi connectivity index (χ1) is 19.2. The van der Waals surface area contributed by atoms with Crippen LogP contribution in [0.2, 0.25) is 22.2 Å². The summed E-state index contributed by atoms with van der Waals surface area (Å²) in [5.41, 5.74) is -0.113. The number of thiocarbonyl (C=S) groups is 1. The van der Waals surface area contributed by atoms with Crippen molar-refractivity contribution in [3.63, 3.8) is 0 Å². The zero-order valence-corrected chi connectivity index (χ0v) is 28.5. The minimum atomic E-state index is -3.02. The summed E-state index contributed by atoms with van der Waals surface area (Å²) < 4.78 is 38.6. The molecule has 11 nitrogen and oxygen atoms in total. The molecule has 0 spiro atoms. The van der Waals surface area contributed by atoms with E-state index in [0.717, 1.165) is 4.57 Å². The maximum absolute atomic E-state index is 13.4. The van der Waals surface area contributed by atoms with Gasteiger partial charge in [0, 0.05) is 32.7 Å². The van der Waals surface area contributed by atoms with Crippen LogP contribution >= 0.6 is 12.2 Å². The van der Waals surface area contributed by atoms with E-state index in [9.17, 15) is 9.59 Å². The van der Waals surface area contributed by atoms with E-state index in [0.29, 0.717) is 0 Å². The van der Waals surface area contributed by atoms with Crippen molar-refractivity contribution in [1.29, 1.82) is 0 Å². The molecule has 0 amide bonds. The van der Waals surface area contributed by atoms with Gasteiger partial charge in [-0.2, -0.15) is 0 Å². The second kappa shape index (κ2) is 12.0. The topological polar surface area (TPSA) is 108 Å². The van der Waals surface area contributed by atoms with Crippen LogP contribution in [0.25, 0.3) is 0 Å². The summed E-state index contributed by atoms with van der Waals surface area (Å²) in [5, 5.41) is 0.144. The lowest BCUT2D eigenvalue weighted by atomic mass is 10.0. The van der Waals surface area contributed by atoms with Crippen molar-refractivity contribution < 1.29 is 22.4 Å². The second-order valence-electron chi connectivity index (χ2n) is 12.3. The van der Waals surface area contributed by atoms with Gasteiger partial charge < -0.3 is 27.0 Å². The predicted molar refractivity (Wildman–Crippen MR) is 163 cm³/mol. The maximum atomic E-state index is 13.4. The number of fused-ring (bicyclic) bond motifs is 1. The van der Waals surface area contributed by atoms with Gasteiger partial charge in [0.25, 0.3) is 10.7 Å². The van der Waals surface area contributed by atoms with E-state index < -0.39 is 52.8 Å². The van der Waals surface area contributed by atoms with Gasteiger partial charge in [-0.3, -0.25) is 13.9 Å². The van der Waals surface area contributed by atoms with Crippen LogP contribution in [0.3, 0.4) is 0 Å². The third-order valence-corrected chi connectivity index (χ3v) is 18.9. The van der Waals surface area contributed by atoms with Crippen molar-refractivity contribution in [3.05, 3.63) is 51.3 Å². The molecule has 14 heteroatoms. The minimum absolute atomic E-state index is 0.0833. The van der Waals surface area contributed by atoms with Gasteiger partial charge >= 0.3 is 22.8 Å². The van der Waals surface area contributed by atoms with Crippen LogP contribution in [0.4, 0.5) is 0 Å². The molecule has 0 unspecified atom stereocenters. The van der Waals surface area contributed by atoms with Crippen molar-refractivity contribution in [2.24, 2.45) is 14.1 Å². The average Bonchev–Trinajstić information content (AvgIpc) is 3.53. The molecule has 2 aliphatic rings. The molecule has 2 aliphatic heterocycles. The van der Waals surface area contributed by atoms with Gasteiger partial charge in [0.2, 0.25) is 0 Å². The van der Waals surface area contributed by atoms with Crippen LogP contribution in [-0.4, -0.2) is 65.9 Å². The van der Waals surface area contributed by atoms with Crippen LogP contribution < -0.4 is 11.2 Å². The van der Waals surface area contributed by atoms with Gasteiger partial charge in [-0.15, -0.1) is 0 Å². The molecule has 4 heterocycles. The molecule has 0 radical (unpaired) electrons. The van der Waals surface area contributed by atoms with E-state index in [-0.39, 0.29) is 39.5 Å². The molecular weight excluding hydrogens is 581 g/mol. The molecule has 41 heavy (non-hydrogen) atoms. The zero-order chi connectivity index (χ0) is 30.4. The predicted octanol–water partition coefficient (Wildman–Crippen LogP) is 3.90. The number of aryl methyl sites for hydroxylation is 1. The monoisotopic (exact) mass is 624 g/mol. The van der Waals surface area contributed by atoms with Crippen LogP contribution in [0.15, 0.2) is 34.5 Å². The van der Waals surface area contributed by atoms with Gasteiger partial charge in [-0.1, -0.05) is 55.4 Å². The number of imidazole rings is 1. The van der Waals surface area contributed by atoms with Crippen LogP contribution in [-0.2, 0) is 36.5 Å². The Labute approximate surface area is 249 Å². The highest BCUT2D eigenvalue weighted by molar-refractivity contribution is 7.80. The third kappa shape index (κ3) is 5.59. The fourth-order valence-corrected chi connectivity index (χ4v) is 17.5. The summed E-state index contributed by atoms with van der Waals surface area (Å²) in [6.45, 7) is 17.4. The highest BCUT2D eigenvalue weighted by Gasteiger charge is 2.62. The number of aromatic nitrogens is 4. The largest absolute Gasteiger partial charge is 0.461 e. The number of ether oxygens (including phenoxy) is 2. The van der Waals surface area contributed by atoms with Gasteiger partial charge in [0.1, 0.15) is 24.6 Å². The van der Waals surface area contributed by atoms with E-state index in [1.807, 2.05) is 0 Å². The molecule has 4 rings (SSSR count). The van der Waals surface area contributed by atoms with E-state index >= 15 is 0 Å². The molecule has 0 saturated carbocycles. The molecular formula is C27H44N4O7SSi2. The van der Waals surface area contributed by atoms with Gasteiger partial charge in [-0.05, 0) is 34.4 Å². The SMILES string of the molecule is CC(C)[Si]1(C(C)C)OC[C@H]2O[C@@H](c3cn(C)c(=O)n(C)c3=O)[C@H](OC(=S)n3ccnc3)[C@@H]2O[Si](C(C)C)(C(C)C)O1. The molecule has 2 saturated heterocycles. The fraction of sp³-hybridized carbons (Fsp3) is 0.704. The second-order valence-corrected chi connectivity index (χ2v) is 21.5. The first-order valence-electron chi connectivity index (χ1n) is 14.3. The standard InChI is InChI=1S/C27H44N4O7SSi2/c1-16(2)40(17(3)4)34-14-21-23(37-41(38-40,18(5)6)19(7)8)24(36-27(39)31-12-11-28-15-31)22(35-21)20-13-29(9)26(33)30(10)25(20)32/h11-13,15-19,21-24H,14H2,1-10H3/t21-,22+,23-,24+/m1/s1. The highest BCUT2D eigenvalue weighted by Crippen LogP contribution is 2.49. The Morgan fingerprint density at radius 3 is 2.17 bits per heavy atom. The minimum Gasteiger partial charge on any atom is -0.461 e.